The maximum absolute atomic E-state index is 11.4. The average Bonchev–Trinajstić information content (AvgIpc) is 2.57. The van der Waals surface area contributed by atoms with Gasteiger partial charge in [0.1, 0.15) is 5.75 Å². The highest BCUT2D eigenvalue weighted by atomic mass is 79.9. The van der Waals surface area contributed by atoms with Gasteiger partial charge in [-0.1, -0.05) is 0 Å². The van der Waals surface area contributed by atoms with Crippen molar-refractivity contribution in [1.29, 1.82) is 0 Å². The van der Waals surface area contributed by atoms with Crippen LogP contribution in [0.1, 0.15) is 23.0 Å². The number of hydrogen-bond donors (Lipinski definition) is 1. The second kappa shape index (κ2) is 3.94. The Balaban J connectivity index is 2.81. The number of aromatic amines is 1. The number of rotatable bonds is 2. The first-order chi connectivity index (χ1) is 7.54. The molecule has 0 spiro atoms. The molecular formula is C12H12BrNO2. The van der Waals surface area contributed by atoms with E-state index < -0.39 is 0 Å². The van der Waals surface area contributed by atoms with Gasteiger partial charge in [0.05, 0.1) is 18.3 Å². The molecule has 0 amide bonds. The monoisotopic (exact) mass is 281 g/mol. The molecule has 0 radical (unpaired) electrons. The number of halogens is 1. The minimum absolute atomic E-state index is 0.0413. The van der Waals surface area contributed by atoms with E-state index in [-0.39, 0.29) is 5.78 Å². The third kappa shape index (κ3) is 1.63. The van der Waals surface area contributed by atoms with Gasteiger partial charge in [-0.3, -0.25) is 4.79 Å². The first kappa shape index (κ1) is 11.2. The van der Waals surface area contributed by atoms with E-state index in [0.29, 0.717) is 5.69 Å². The first-order valence-electron chi connectivity index (χ1n) is 4.91. The van der Waals surface area contributed by atoms with Crippen LogP contribution in [0, 0.1) is 6.92 Å². The highest BCUT2D eigenvalue weighted by Gasteiger charge is 2.14. The number of ether oxygens (including phenoxy) is 1. The zero-order chi connectivity index (χ0) is 11.9. The van der Waals surface area contributed by atoms with Gasteiger partial charge in [-0.2, -0.15) is 0 Å². The maximum atomic E-state index is 11.4. The predicted octanol–water partition coefficient (Wildman–Crippen LogP) is 3.45. The Kier molecular flexibility index (Phi) is 2.76. The molecule has 3 nitrogen and oxygen atoms in total. The van der Waals surface area contributed by atoms with Crippen molar-refractivity contribution in [3.8, 4) is 5.75 Å². The number of methoxy groups -OCH3 is 1. The van der Waals surface area contributed by atoms with Gasteiger partial charge < -0.3 is 9.72 Å². The number of nitrogens with one attached hydrogen (secondary N) is 1. The van der Waals surface area contributed by atoms with Crippen LogP contribution < -0.4 is 4.74 Å². The molecule has 0 saturated heterocycles. The van der Waals surface area contributed by atoms with Crippen LogP contribution in [-0.4, -0.2) is 17.9 Å². The molecule has 0 aliphatic carbocycles. The van der Waals surface area contributed by atoms with Crippen molar-refractivity contribution >= 4 is 32.6 Å². The number of Topliss-reactive ketones (excluding diaryl/α,β-unsaturated/α-hetero) is 1. The average molecular weight is 282 g/mol. The van der Waals surface area contributed by atoms with Crippen molar-refractivity contribution in [3.05, 3.63) is 27.9 Å². The van der Waals surface area contributed by atoms with Gasteiger partial charge in [-0.25, -0.2) is 0 Å². The highest BCUT2D eigenvalue weighted by molar-refractivity contribution is 9.10. The quantitative estimate of drug-likeness (QED) is 0.857. The fourth-order valence-corrected chi connectivity index (χ4v) is 2.37. The molecule has 0 unspecified atom stereocenters. The largest absolute Gasteiger partial charge is 0.497 e. The van der Waals surface area contributed by atoms with Gasteiger partial charge in [0.15, 0.2) is 5.78 Å². The first-order valence-corrected chi connectivity index (χ1v) is 5.70. The van der Waals surface area contributed by atoms with Crippen molar-refractivity contribution in [2.24, 2.45) is 0 Å². The number of H-pyrrole nitrogens is 1. The number of ketones is 1. The fourth-order valence-electron chi connectivity index (χ4n) is 1.83. The van der Waals surface area contributed by atoms with E-state index in [1.165, 1.54) is 0 Å². The minimum atomic E-state index is 0.0413. The lowest BCUT2D eigenvalue weighted by Crippen LogP contribution is -1.93. The van der Waals surface area contributed by atoms with Crippen LogP contribution in [0.25, 0.3) is 10.9 Å². The predicted molar refractivity (Wildman–Crippen MR) is 67.3 cm³/mol. The number of fused-ring (bicyclic) bond motifs is 1. The van der Waals surface area contributed by atoms with E-state index in [9.17, 15) is 4.79 Å². The van der Waals surface area contributed by atoms with Crippen molar-refractivity contribution in [2.75, 3.05) is 7.11 Å². The van der Waals surface area contributed by atoms with Crippen LogP contribution in [0.2, 0.25) is 0 Å². The summed E-state index contributed by atoms with van der Waals surface area (Å²) in [6, 6.07) is 3.81. The number of carbonyl (C=O) groups is 1. The van der Waals surface area contributed by atoms with Gasteiger partial charge >= 0.3 is 0 Å². The molecule has 2 aromatic rings. The molecule has 1 aromatic heterocycles. The van der Waals surface area contributed by atoms with Gasteiger partial charge in [-0.15, -0.1) is 0 Å². The van der Waals surface area contributed by atoms with Crippen LogP contribution in [0.3, 0.4) is 0 Å². The topological polar surface area (TPSA) is 42.1 Å². The van der Waals surface area contributed by atoms with E-state index in [1.54, 1.807) is 14.0 Å². The number of aromatic nitrogens is 1. The van der Waals surface area contributed by atoms with E-state index in [4.69, 9.17) is 4.74 Å². The van der Waals surface area contributed by atoms with Crippen LogP contribution >= 0.6 is 15.9 Å². The lowest BCUT2D eigenvalue weighted by molar-refractivity contribution is 0.101. The molecule has 0 aliphatic heterocycles. The van der Waals surface area contributed by atoms with E-state index >= 15 is 0 Å². The smallest absolute Gasteiger partial charge is 0.176 e. The highest BCUT2D eigenvalue weighted by Crippen LogP contribution is 2.32. The summed E-state index contributed by atoms with van der Waals surface area (Å²) in [4.78, 5) is 14.6. The molecule has 0 bridgehead atoms. The molecule has 0 saturated carbocycles. The summed E-state index contributed by atoms with van der Waals surface area (Å²) in [5, 5.41) is 1.01. The number of aryl methyl sites for hydroxylation is 1. The zero-order valence-corrected chi connectivity index (χ0v) is 10.9. The summed E-state index contributed by atoms with van der Waals surface area (Å²) < 4.78 is 6.10. The molecule has 1 heterocycles. The van der Waals surface area contributed by atoms with Crippen molar-refractivity contribution in [2.45, 2.75) is 13.8 Å². The summed E-state index contributed by atoms with van der Waals surface area (Å²) >= 11 is 3.46. The van der Waals surface area contributed by atoms with Crippen LogP contribution in [0.4, 0.5) is 0 Å². The Hall–Kier alpha value is -1.29. The number of hydrogen-bond acceptors (Lipinski definition) is 2. The van der Waals surface area contributed by atoms with Gasteiger partial charge in [0, 0.05) is 16.8 Å². The Morgan fingerprint density at radius 1 is 1.44 bits per heavy atom. The second-order valence-corrected chi connectivity index (χ2v) is 4.57. The van der Waals surface area contributed by atoms with E-state index in [0.717, 1.165) is 26.7 Å². The molecule has 0 atom stereocenters. The van der Waals surface area contributed by atoms with Crippen molar-refractivity contribution in [1.82, 2.24) is 4.98 Å². The molecule has 0 fully saturated rings. The van der Waals surface area contributed by atoms with Gasteiger partial charge in [0.2, 0.25) is 0 Å². The molecule has 84 valence electrons. The van der Waals surface area contributed by atoms with Crippen LogP contribution in [-0.2, 0) is 0 Å². The molecule has 16 heavy (non-hydrogen) atoms. The Morgan fingerprint density at radius 2 is 2.12 bits per heavy atom. The lowest BCUT2D eigenvalue weighted by Gasteiger charge is -2.01. The maximum Gasteiger partial charge on any atom is 0.176 e. The SMILES string of the molecule is COc1cc(Br)c2[nH]c(C(C)=O)c(C)c2c1. The molecule has 1 N–H and O–H groups in total. The fraction of sp³-hybridized carbons (Fsp3) is 0.250. The third-order valence-corrected chi connectivity index (χ3v) is 3.31. The molecule has 1 aromatic carbocycles. The number of benzene rings is 1. The molecular weight excluding hydrogens is 270 g/mol. The zero-order valence-electron chi connectivity index (χ0n) is 9.35. The normalized spacial score (nSPS) is 10.8. The standard InChI is InChI=1S/C12H12BrNO2/c1-6-9-4-8(16-3)5-10(13)12(9)14-11(6)7(2)15/h4-5,14H,1-3H3. The third-order valence-electron chi connectivity index (χ3n) is 2.68. The van der Waals surface area contributed by atoms with Gasteiger partial charge in [-0.05, 0) is 40.5 Å². The minimum Gasteiger partial charge on any atom is -0.497 e. The Bertz CT molecular complexity index is 572. The Morgan fingerprint density at radius 3 is 2.69 bits per heavy atom. The van der Waals surface area contributed by atoms with E-state index in [1.807, 2.05) is 19.1 Å². The molecule has 0 aliphatic rings. The van der Waals surface area contributed by atoms with Crippen LogP contribution in [0.5, 0.6) is 5.75 Å². The van der Waals surface area contributed by atoms with Crippen molar-refractivity contribution in [3.63, 3.8) is 0 Å². The Labute approximate surface area is 102 Å². The summed E-state index contributed by atoms with van der Waals surface area (Å²) in [5.74, 6) is 0.816. The van der Waals surface area contributed by atoms with E-state index in [2.05, 4.69) is 20.9 Å². The molecule has 2 rings (SSSR count). The van der Waals surface area contributed by atoms with Crippen LogP contribution in [0.15, 0.2) is 16.6 Å². The lowest BCUT2D eigenvalue weighted by atomic mass is 10.1. The summed E-state index contributed by atoms with van der Waals surface area (Å²) in [5.41, 5.74) is 2.55. The second-order valence-electron chi connectivity index (χ2n) is 3.71. The number of carbonyl (C=O) groups excluding carboxylic acids is 1. The van der Waals surface area contributed by atoms with Gasteiger partial charge in [0.25, 0.3) is 0 Å². The molecule has 4 heteroatoms. The summed E-state index contributed by atoms with van der Waals surface area (Å²) in [6.45, 7) is 3.49. The van der Waals surface area contributed by atoms with Crippen molar-refractivity contribution < 1.29 is 9.53 Å². The summed E-state index contributed by atoms with van der Waals surface area (Å²) in [7, 11) is 1.63. The summed E-state index contributed by atoms with van der Waals surface area (Å²) in [6.07, 6.45) is 0.